The second-order valence-electron chi connectivity index (χ2n) is 10.9. The number of hydrogen-bond acceptors (Lipinski definition) is 2. The molecule has 2 unspecified atom stereocenters. The lowest BCUT2D eigenvalue weighted by molar-refractivity contribution is -0.138. The summed E-state index contributed by atoms with van der Waals surface area (Å²) in [5, 5.41) is 9.95. The number of alkyl halides is 6. The fourth-order valence-corrected chi connectivity index (χ4v) is 6.38. The van der Waals surface area contributed by atoms with Crippen LogP contribution in [0.4, 0.5) is 26.3 Å². The molecule has 0 bridgehead atoms. The first kappa shape index (κ1) is 27.5. The Hall–Kier alpha value is -3.62. The molecule has 0 aromatic heterocycles. The van der Waals surface area contributed by atoms with Crippen molar-refractivity contribution >= 4 is 0 Å². The van der Waals surface area contributed by atoms with Crippen LogP contribution in [0.2, 0.25) is 0 Å². The fraction of sp³-hybridized carbons (Fsp3) is 0.273. The third-order valence-electron chi connectivity index (χ3n) is 8.72. The van der Waals surface area contributed by atoms with Crippen molar-refractivity contribution in [1.82, 2.24) is 0 Å². The highest BCUT2D eigenvalue weighted by Gasteiger charge is 2.56. The first-order chi connectivity index (χ1) is 19.5. The molecule has 2 nitrogen and oxygen atoms in total. The van der Waals surface area contributed by atoms with Crippen LogP contribution in [0.25, 0.3) is 0 Å². The average Bonchev–Trinajstić information content (AvgIpc) is 3.69. The number of aliphatic hydroxyl groups is 1. The summed E-state index contributed by atoms with van der Waals surface area (Å²) >= 11 is 0. The molecule has 2 aliphatic rings. The van der Waals surface area contributed by atoms with Crippen molar-refractivity contribution < 1.29 is 36.2 Å². The molecule has 41 heavy (non-hydrogen) atoms. The van der Waals surface area contributed by atoms with Gasteiger partial charge in [-0.15, -0.1) is 0 Å². The molecular formula is C33H26F6O2. The van der Waals surface area contributed by atoms with E-state index in [1.165, 1.54) is 24.3 Å². The van der Waals surface area contributed by atoms with E-state index >= 15 is 0 Å². The Kier molecular flexibility index (Phi) is 6.54. The minimum atomic E-state index is -4.52. The van der Waals surface area contributed by atoms with Crippen LogP contribution in [0, 0.1) is 5.92 Å². The number of ether oxygens (including phenoxy) is 1. The average molecular weight is 569 g/mol. The van der Waals surface area contributed by atoms with Crippen LogP contribution in [0.3, 0.4) is 0 Å². The van der Waals surface area contributed by atoms with Crippen molar-refractivity contribution in [3.05, 3.63) is 142 Å². The zero-order valence-corrected chi connectivity index (χ0v) is 21.7. The van der Waals surface area contributed by atoms with Crippen molar-refractivity contribution in [1.29, 1.82) is 0 Å². The van der Waals surface area contributed by atoms with Gasteiger partial charge in [0, 0.05) is 12.0 Å². The lowest BCUT2D eigenvalue weighted by atomic mass is 9.65. The van der Waals surface area contributed by atoms with Crippen LogP contribution in [0.15, 0.2) is 103 Å². The number of benzene rings is 4. The Balaban J connectivity index is 1.40. The Labute approximate surface area is 233 Å². The first-order valence-electron chi connectivity index (χ1n) is 13.2. The van der Waals surface area contributed by atoms with Crippen LogP contribution >= 0.6 is 0 Å². The highest BCUT2D eigenvalue weighted by Crippen LogP contribution is 2.59. The molecule has 1 aliphatic carbocycles. The lowest BCUT2D eigenvalue weighted by Gasteiger charge is -2.50. The second-order valence-corrected chi connectivity index (χ2v) is 10.9. The Morgan fingerprint density at radius 1 is 0.610 bits per heavy atom. The zero-order valence-electron chi connectivity index (χ0n) is 21.7. The van der Waals surface area contributed by atoms with Crippen molar-refractivity contribution in [2.24, 2.45) is 5.92 Å². The fourth-order valence-electron chi connectivity index (χ4n) is 6.38. The molecule has 212 valence electrons. The summed E-state index contributed by atoms with van der Waals surface area (Å²) in [7, 11) is 0. The maximum absolute atomic E-state index is 13.3. The van der Waals surface area contributed by atoms with Gasteiger partial charge in [-0.2, -0.15) is 26.3 Å². The molecule has 1 N–H and O–H groups in total. The molecule has 0 spiro atoms. The van der Waals surface area contributed by atoms with Crippen LogP contribution in [0.1, 0.15) is 51.5 Å². The van der Waals surface area contributed by atoms with E-state index in [1.807, 2.05) is 54.6 Å². The number of rotatable bonds is 6. The van der Waals surface area contributed by atoms with Gasteiger partial charge in [0.25, 0.3) is 0 Å². The van der Waals surface area contributed by atoms with Crippen LogP contribution < -0.4 is 0 Å². The minimum absolute atomic E-state index is 0.0489. The van der Waals surface area contributed by atoms with E-state index in [0.29, 0.717) is 11.1 Å². The summed E-state index contributed by atoms with van der Waals surface area (Å²) in [6.07, 6.45) is -8.87. The molecule has 2 fully saturated rings. The molecule has 1 saturated carbocycles. The molecule has 1 aliphatic heterocycles. The third-order valence-corrected chi connectivity index (χ3v) is 8.72. The van der Waals surface area contributed by atoms with Gasteiger partial charge >= 0.3 is 12.4 Å². The Bertz CT molecular complexity index is 1450. The van der Waals surface area contributed by atoms with E-state index in [0.717, 1.165) is 47.4 Å². The Morgan fingerprint density at radius 3 is 1.44 bits per heavy atom. The normalized spacial score (nSPS) is 23.6. The smallest absolute Gasteiger partial charge is 0.396 e. The predicted octanol–water partition coefficient (Wildman–Crippen LogP) is 8.08. The van der Waals surface area contributed by atoms with Gasteiger partial charge in [-0.05, 0) is 64.4 Å². The third kappa shape index (κ3) is 4.53. The summed E-state index contributed by atoms with van der Waals surface area (Å²) in [5.74, 6) is 0.0779. The highest BCUT2D eigenvalue weighted by molar-refractivity contribution is 5.51. The van der Waals surface area contributed by atoms with Gasteiger partial charge in [-0.3, -0.25) is 0 Å². The van der Waals surface area contributed by atoms with E-state index in [9.17, 15) is 31.4 Å². The largest absolute Gasteiger partial charge is 0.416 e. The standard InChI is InChI=1S/C33H26F6O2/c34-32(35,36)26-14-10-24(11-15-26)31(25-12-16-27(17-13-25)33(37,38)39)20-41-29(31)21-6-8-23(9-7-21)30(18-28(30)19-40)22-4-2-1-3-5-22/h1-17,28-29,40H,18-20H2/t28-,29?,30?/m1/s1. The van der Waals surface area contributed by atoms with E-state index in [4.69, 9.17) is 4.74 Å². The summed E-state index contributed by atoms with van der Waals surface area (Å²) in [4.78, 5) is 0. The SMILES string of the molecule is OC[C@H]1CC1(c1ccccc1)c1ccc(C2OCC2(c2ccc(C(F)(F)F)cc2)c2ccc(C(F)(F)F)cc2)cc1. The molecular weight excluding hydrogens is 542 g/mol. The van der Waals surface area contributed by atoms with Gasteiger partial charge in [0.2, 0.25) is 0 Å². The summed E-state index contributed by atoms with van der Waals surface area (Å²) < 4.78 is 85.8. The summed E-state index contributed by atoms with van der Waals surface area (Å²) in [6.45, 7) is 0.143. The molecule has 4 aromatic rings. The molecule has 0 amide bonds. The van der Waals surface area contributed by atoms with Crippen LogP contribution in [0.5, 0.6) is 0 Å². The van der Waals surface area contributed by atoms with Crippen molar-refractivity contribution in [2.45, 2.75) is 35.7 Å². The van der Waals surface area contributed by atoms with Gasteiger partial charge < -0.3 is 9.84 Å². The number of halogens is 6. The number of aliphatic hydroxyl groups excluding tert-OH is 1. The predicted molar refractivity (Wildman–Crippen MR) is 141 cm³/mol. The summed E-state index contributed by atoms with van der Waals surface area (Å²) in [5.41, 5.74) is 1.02. The molecule has 3 atom stereocenters. The van der Waals surface area contributed by atoms with E-state index < -0.39 is 35.0 Å². The zero-order chi connectivity index (χ0) is 29.0. The first-order valence-corrected chi connectivity index (χ1v) is 13.2. The quantitative estimate of drug-likeness (QED) is 0.238. The lowest BCUT2D eigenvalue weighted by Crippen LogP contribution is -2.50. The van der Waals surface area contributed by atoms with E-state index in [2.05, 4.69) is 0 Å². The molecule has 1 heterocycles. The minimum Gasteiger partial charge on any atom is -0.396 e. The number of hydrogen-bond donors (Lipinski definition) is 1. The summed E-state index contributed by atoms with van der Waals surface area (Å²) in [6, 6.07) is 27.2. The van der Waals surface area contributed by atoms with Crippen LogP contribution in [-0.2, 0) is 27.9 Å². The topological polar surface area (TPSA) is 29.5 Å². The molecule has 6 rings (SSSR count). The van der Waals surface area contributed by atoms with Crippen molar-refractivity contribution in [2.75, 3.05) is 13.2 Å². The molecule has 1 saturated heterocycles. The maximum atomic E-state index is 13.3. The molecule has 0 radical (unpaired) electrons. The molecule has 4 aromatic carbocycles. The monoisotopic (exact) mass is 568 g/mol. The highest BCUT2D eigenvalue weighted by atomic mass is 19.4. The van der Waals surface area contributed by atoms with Gasteiger partial charge in [0.15, 0.2) is 0 Å². The van der Waals surface area contributed by atoms with Gasteiger partial charge in [-0.25, -0.2) is 0 Å². The van der Waals surface area contributed by atoms with Gasteiger partial charge in [0.1, 0.15) is 0 Å². The van der Waals surface area contributed by atoms with E-state index in [1.54, 1.807) is 0 Å². The maximum Gasteiger partial charge on any atom is 0.416 e. The Morgan fingerprint density at radius 2 is 1.05 bits per heavy atom. The van der Waals surface area contributed by atoms with E-state index in [-0.39, 0.29) is 24.5 Å². The van der Waals surface area contributed by atoms with Gasteiger partial charge in [0.05, 0.1) is 29.3 Å². The molecule has 8 heteroatoms. The van der Waals surface area contributed by atoms with Crippen molar-refractivity contribution in [3.63, 3.8) is 0 Å². The van der Waals surface area contributed by atoms with Crippen LogP contribution in [-0.4, -0.2) is 18.3 Å². The van der Waals surface area contributed by atoms with Crippen molar-refractivity contribution in [3.8, 4) is 0 Å². The van der Waals surface area contributed by atoms with Gasteiger partial charge in [-0.1, -0.05) is 78.9 Å². The second kappa shape index (κ2) is 9.74.